The van der Waals surface area contributed by atoms with E-state index in [9.17, 15) is 4.39 Å². The smallest absolute Gasteiger partial charge is 0.123 e. The number of halogens is 2. The summed E-state index contributed by atoms with van der Waals surface area (Å²) < 4.78 is 14.0. The van der Waals surface area contributed by atoms with Gasteiger partial charge in [0.05, 0.1) is 0 Å². The molecule has 0 amide bonds. The maximum Gasteiger partial charge on any atom is 0.123 e. The predicted octanol–water partition coefficient (Wildman–Crippen LogP) is 3.09. The number of aliphatic hydroxyl groups is 1. The molecule has 1 aromatic carbocycles. The summed E-state index contributed by atoms with van der Waals surface area (Å²) in [4.78, 5) is 0. The first-order chi connectivity index (χ1) is 8.17. The largest absolute Gasteiger partial charge is 0.396 e. The lowest BCUT2D eigenvalue weighted by Gasteiger charge is -2.14. The molecule has 0 spiro atoms. The highest BCUT2D eigenvalue weighted by Gasteiger charge is 2.06. The highest BCUT2D eigenvalue weighted by Crippen LogP contribution is 2.17. The second-order valence-corrected chi connectivity index (χ2v) is 5.01. The van der Waals surface area contributed by atoms with Gasteiger partial charge in [-0.1, -0.05) is 29.3 Å². The Labute approximate surface area is 110 Å². The van der Waals surface area contributed by atoms with Crippen LogP contribution in [0.25, 0.3) is 0 Å². The van der Waals surface area contributed by atoms with Crippen molar-refractivity contribution in [1.29, 1.82) is 0 Å². The molecule has 2 N–H and O–H groups in total. The molecule has 0 radical (unpaired) electrons. The van der Waals surface area contributed by atoms with Crippen LogP contribution in [0, 0.1) is 11.7 Å². The van der Waals surface area contributed by atoms with Gasteiger partial charge in [0, 0.05) is 17.6 Å². The molecule has 1 unspecified atom stereocenters. The van der Waals surface area contributed by atoms with Crippen molar-refractivity contribution in [2.45, 2.75) is 26.3 Å². The van der Waals surface area contributed by atoms with Crippen LogP contribution in [0.4, 0.5) is 4.39 Å². The van der Waals surface area contributed by atoms with Crippen LogP contribution in [0.2, 0.25) is 0 Å². The minimum Gasteiger partial charge on any atom is -0.396 e. The lowest BCUT2D eigenvalue weighted by molar-refractivity contribution is 0.251. The molecule has 0 aliphatic heterocycles. The zero-order valence-corrected chi connectivity index (χ0v) is 11.6. The molecule has 0 aliphatic carbocycles. The maximum atomic E-state index is 13.0. The first kappa shape index (κ1) is 14.6. The summed E-state index contributed by atoms with van der Waals surface area (Å²) in [5.41, 5.74) is 0.920. The summed E-state index contributed by atoms with van der Waals surface area (Å²) >= 11 is 3.40. The molecule has 1 rings (SSSR count). The molecule has 4 heteroatoms. The molecule has 1 aromatic rings. The molecular weight excluding hydrogens is 285 g/mol. The summed E-state index contributed by atoms with van der Waals surface area (Å²) in [5.74, 6) is 0.264. The van der Waals surface area contributed by atoms with E-state index < -0.39 is 0 Å². The van der Waals surface area contributed by atoms with E-state index in [1.807, 2.05) is 0 Å². The third kappa shape index (κ3) is 5.15. The Balaban J connectivity index is 2.42. The van der Waals surface area contributed by atoms with Gasteiger partial charge >= 0.3 is 0 Å². The summed E-state index contributed by atoms with van der Waals surface area (Å²) in [6.07, 6.45) is 1.85. The van der Waals surface area contributed by atoms with Gasteiger partial charge in [0.15, 0.2) is 0 Å². The van der Waals surface area contributed by atoms with Crippen LogP contribution >= 0.6 is 15.9 Å². The van der Waals surface area contributed by atoms with Crippen LogP contribution in [0.15, 0.2) is 22.7 Å². The molecule has 0 heterocycles. The van der Waals surface area contributed by atoms with Crippen molar-refractivity contribution >= 4 is 15.9 Å². The minimum absolute atomic E-state index is 0.215. The van der Waals surface area contributed by atoms with Crippen molar-refractivity contribution in [2.75, 3.05) is 13.2 Å². The number of aliphatic hydroxyl groups excluding tert-OH is 1. The number of rotatable bonds is 7. The van der Waals surface area contributed by atoms with E-state index in [0.717, 1.165) is 29.4 Å². The zero-order chi connectivity index (χ0) is 12.7. The molecule has 2 nitrogen and oxygen atoms in total. The summed E-state index contributed by atoms with van der Waals surface area (Å²) in [6, 6.07) is 4.69. The lowest BCUT2D eigenvalue weighted by Crippen LogP contribution is -2.23. The van der Waals surface area contributed by atoms with Gasteiger partial charge in [-0.15, -0.1) is 0 Å². The Kier molecular flexibility index (Phi) is 6.70. The predicted molar refractivity (Wildman–Crippen MR) is 71.3 cm³/mol. The third-order valence-corrected chi connectivity index (χ3v) is 3.64. The van der Waals surface area contributed by atoms with Crippen molar-refractivity contribution in [3.05, 3.63) is 34.1 Å². The summed E-state index contributed by atoms with van der Waals surface area (Å²) in [6.45, 7) is 3.82. The highest BCUT2D eigenvalue weighted by atomic mass is 79.9. The molecular formula is C13H19BrFNO. The number of nitrogens with one attached hydrogen (secondary N) is 1. The Morgan fingerprint density at radius 1 is 1.47 bits per heavy atom. The van der Waals surface area contributed by atoms with Gasteiger partial charge in [-0.05, 0) is 42.6 Å². The van der Waals surface area contributed by atoms with Crippen LogP contribution in [0.1, 0.15) is 25.3 Å². The van der Waals surface area contributed by atoms with Crippen LogP contribution in [0.3, 0.4) is 0 Å². The Bertz CT molecular complexity index is 346. The fraction of sp³-hybridized carbons (Fsp3) is 0.538. The average Bonchev–Trinajstić information content (AvgIpc) is 2.32. The van der Waals surface area contributed by atoms with E-state index >= 15 is 0 Å². The molecule has 0 saturated heterocycles. The first-order valence-electron chi connectivity index (χ1n) is 5.92. The second kappa shape index (κ2) is 7.80. The minimum atomic E-state index is -0.215. The fourth-order valence-electron chi connectivity index (χ4n) is 1.72. The number of hydrogen-bond donors (Lipinski definition) is 2. The van der Waals surface area contributed by atoms with E-state index in [1.165, 1.54) is 12.1 Å². The lowest BCUT2D eigenvalue weighted by atomic mass is 10.0. The van der Waals surface area contributed by atoms with Crippen molar-refractivity contribution in [3.8, 4) is 0 Å². The molecule has 0 aromatic heterocycles. The van der Waals surface area contributed by atoms with Crippen molar-refractivity contribution in [1.82, 2.24) is 5.32 Å². The van der Waals surface area contributed by atoms with Crippen LogP contribution in [0.5, 0.6) is 0 Å². The molecule has 17 heavy (non-hydrogen) atoms. The Morgan fingerprint density at radius 2 is 2.24 bits per heavy atom. The van der Waals surface area contributed by atoms with Crippen molar-refractivity contribution in [2.24, 2.45) is 5.92 Å². The Hall–Kier alpha value is -0.450. The van der Waals surface area contributed by atoms with Crippen molar-refractivity contribution in [3.63, 3.8) is 0 Å². The number of hydrogen-bond acceptors (Lipinski definition) is 2. The molecule has 0 aliphatic rings. The van der Waals surface area contributed by atoms with Crippen molar-refractivity contribution < 1.29 is 9.50 Å². The molecule has 1 atom stereocenters. The first-order valence-corrected chi connectivity index (χ1v) is 6.72. The van der Waals surface area contributed by atoms with Gasteiger partial charge < -0.3 is 10.4 Å². The molecule has 0 fully saturated rings. The fourth-order valence-corrected chi connectivity index (χ4v) is 2.11. The normalized spacial score (nSPS) is 12.7. The van der Waals surface area contributed by atoms with E-state index in [2.05, 4.69) is 28.2 Å². The van der Waals surface area contributed by atoms with Crippen LogP contribution in [-0.2, 0) is 6.54 Å². The van der Waals surface area contributed by atoms with Gasteiger partial charge in [-0.3, -0.25) is 0 Å². The topological polar surface area (TPSA) is 32.3 Å². The second-order valence-electron chi connectivity index (χ2n) is 4.15. The van der Waals surface area contributed by atoms with E-state index in [4.69, 9.17) is 5.11 Å². The standard InChI is InChI=1S/C13H19BrFNO/c1-2-10(5-6-17)8-16-9-11-7-12(15)3-4-13(11)14/h3-4,7,10,16-17H,2,5-6,8-9H2,1H3. The van der Waals surface area contributed by atoms with Crippen LogP contribution < -0.4 is 5.32 Å². The van der Waals surface area contributed by atoms with E-state index in [0.29, 0.717) is 12.5 Å². The maximum absolute atomic E-state index is 13.0. The Morgan fingerprint density at radius 3 is 2.88 bits per heavy atom. The van der Waals surface area contributed by atoms with E-state index in [1.54, 1.807) is 6.07 Å². The highest BCUT2D eigenvalue weighted by molar-refractivity contribution is 9.10. The molecule has 96 valence electrons. The van der Waals surface area contributed by atoms with E-state index in [-0.39, 0.29) is 12.4 Å². The van der Waals surface area contributed by atoms with Crippen LogP contribution in [-0.4, -0.2) is 18.3 Å². The average molecular weight is 304 g/mol. The SMILES string of the molecule is CCC(CCO)CNCc1cc(F)ccc1Br. The summed E-state index contributed by atoms with van der Waals surface area (Å²) in [7, 11) is 0. The molecule has 0 saturated carbocycles. The summed E-state index contributed by atoms with van der Waals surface area (Å²) in [5, 5.41) is 12.2. The van der Waals surface area contributed by atoms with Gasteiger partial charge in [0.2, 0.25) is 0 Å². The zero-order valence-electron chi connectivity index (χ0n) is 10.0. The van der Waals surface area contributed by atoms with Gasteiger partial charge in [-0.2, -0.15) is 0 Å². The number of benzene rings is 1. The quantitative estimate of drug-likeness (QED) is 0.811. The third-order valence-electron chi connectivity index (χ3n) is 2.87. The van der Waals surface area contributed by atoms with Gasteiger partial charge in [0.25, 0.3) is 0 Å². The molecule has 0 bridgehead atoms. The monoisotopic (exact) mass is 303 g/mol. The van der Waals surface area contributed by atoms with Gasteiger partial charge in [0.1, 0.15) is 5.82 Å². The van der Waals surface area contributed by atoms with Gasteiger partial charge in [-0.25, -0.2) is 4.39 Å².